The smallest absolute Gasteiger partial charge is 0.252 e. The molecular formula is C10H12ClNO3. The van der Waals surface area contributed by atoms with E-state index < -0.39 is 0 Å². The van der Waals surface area contributed by atoms with Gasteiger partial charge in [-0.15, -0.1) is 0 Å². The number of hydrogen-bond acceptors (Lipinski definition) is 3. The van der Waals surface area contributed by atoms with Gasteiger partial charge in [0, 0.05) is 6.54 Å². The molecule has 15 heavy (non-hydrogen) atoms. The summed E-state index contributed by atoms with van der Waals surface area (Å²) in [5, 5.41) is 11.4. The molecule has 5 heteroatoms. The quantitative estimate of drug-likeness (QED) is 0.812. The van der Waals surface area contributed by atoms with Crippen LogP contribution in [0.3, 0.4) is 0 Å². The third kappa shape index (κ3) is 3.11. The molecule has 1 aromatic carbocycles. The predicted molar refractivity (Wildman–Crippen MR) is 57.4 cm³/mol. The van der Waals surface area contributed by atoms with Crippen LogP contribution in [0.25, 0.3) is 0 Å². The van der Waals surface area contributed by atoms with E-state index in [0.717, 1.165) is 0 Å². The van der Waals surface area contributed by atoms with Crippen molar-refractivity contribution in [2.75, 3.05) is 20.3 Å². The van der Waals surface area contributed by atoms with E-state index >= 15 is 0 Å². The summed E-state index contributed by atoms with van der Waals surface area (Å²) < 4.78 is 4.95. The Labute approximate surface area is 92.8 Å². The maximum absolute atomic E-state index is 11.5. The van der Waals surface area contributed by atoms with E-state index in [9.17, 15) is 4.79 Å². The van der Waals surface area contributed by atoms with Crippen LogP contribution in [0.15, 0.2) is 18.2 Å². The van der Waals surface area contributed by atoms with Crippen molar-refractivity contribution in [2.24, 2.45) is 0 Å². The first kappa shape index (κ1) is 11.8. The average molecular weight is 230 g/mol. The van der Waals surface area contributed by atoms with Gasteiger partial charge in [0.15, 0.2) is 0 Å². The number of ether oxygens (including phenoxy) is 1. The highest BCUT2D eigenvalue weighted by Gasteiger charge is 2.09. The monoisotopic (exact) mass is 229 g/mol. The van der Waals surface area contributed by atoms with Crippen molar-refractivity contribution in [3.8, 4) is 5.75 Å². The Morgan fingerprint density at radius 3 is 2.87 bits per heavy atom. The molecule has 1 amide bonds. The van der Waals surface area contributed by atoms with Crippen molar-refractivity contribution >= 4 is 17.5 Å². The largest absolute Gasteiger partial charge is 0.497 e. The van der Waals surface area contributed by atoms with Crippen LogP contribution in [0.2, 0.25) is 5.02 Å². The summed E-state index contributed by atoms with van der Waals surface area (Å²) in [4.78, 5) is 11.5. The summed E-state index contributed by atoms with van der Waals surface area (Å²) in [5.74, 6) is 0.287. The van der Waals surface area contributed by atoms with Crippen LogP contribution >= 0.6 is 11.6 Å². The van der Waals surface area contributed by atoms with E-state index in [1.807, 2.05) is 0 Å². The van der Waals surface area contributed by atoms with Gasteiger partial charge < -0.3 is 15.2 Å². The topological polar surface area (TPSA) is 58.6 Å². The number of hydrogen-bond donors (Lipinski definition) is 2. The number of benzene rings is 1. The second kappa shape index (κ2) is 5.58. The van der Waals surface area contributed by atoms with Gasteiger partial charge in [-0.1, -0.05) is 11.6 Å². The number of aliphatic hydroxyl groups excluding tert-OH is 1. The number of carbonyl (C=O) groups is 1. The molecule has 82 valence electrons. The fourth-order valence-electron chi connectivity index (χ4n) is 1.07. The molecule has 0 unspecified atom stereocenters. The van der Waals surface area contributed by atoms with Crippen molar-refractivity contribution in [1.82, 2.24) is 5.32 Å². The molecule has 0 heterocycles. The number of amides is 1. The first-order valence-electron chi connectivity index (χ1n) is 4.41. The Hall–Kier alpha value is -1.26. The van der Waals surface area contributed by atoms with E-state index in [4.69, 9.17) is 21.4 Å². The third-order valence-corrected chi connectivity index (χ3v) is 2.13. The molecule has 0 saturated heterocycles. The lowest BCUT2D eigenvalue weighted by Crippen LogP contribution is -2.26. The van der Waals surface area contributed by atoms with Crippen LogP contribution in [-0.4, -0.2) is 31.3 Å². The summed E-state index contributed by atoms with van der Waals surface area (Å²) in [6, 6.07) is 4.79. The van der Waals surface area contributed by atoms with Gasteiger partial charge in [-0.2, -0.15) is 0 Å². The Morgan fingerprint density at radius 1 is 1.60 bits per heavy atom. The second-order valence-corrected chi connectivity index (χ2v) is 3.23. The highest BCUT2D eigenvalue weighted by atomic mass is 35.5. The van der Waals surface area contributed by atoms with Crippen molar-refractivity contribution < 1.29 is 14.6 Å². The Bertz CT molecular complexity index is 355. The number of aliphatic hydroxyl groups is 1. The maximum Gasteiger partial charge on any atom is 0.252 e. The zero-order valence-electron chi connectivity index (χ0n) is 8.29. The molecule has 0 spiro atoms. The van der Waals surface area contributed by atoms with Crippen LogP contribution in [0.4, 0.5) is 0 Å². The zero-order chi connectivity index (χ0) is 11.3. The van der Waals surface area contributed by atoms with Crippen LogP contribution in [-0.2, 0) is 0 Å². The van der Waals surface area contributed by atoms with E-state index in [0.29, 0.717) is 16.3 Å². The van der Waals surface area contributed by atoms with Gasteiger partial charge in [0.05, 0.1) is 24.3 Å². The van der Waals surface area contributed by atoms with Gasteiger partial charge in [-0.25, -0.2) is 0 Å². The summed E-state index contributed by atoms with van der Waals surface area (Å²) in [7, 11) is 1.52. The molecule has 0 bridgehead atoms. The van der Waals surface area contributed by atoms with Gasteiger partial charge in [-0.05, 0) is 18.2 Å². The zero-order valence-corrected chi connectivity index (χ0v) is 9.04. The Morgan fingerprint density at radius 2 is 2.33 bits per heavy atom. The van der Waals surface area contributed by atoms with E-state index in [2.05, 4.69) is 5.32 Å². The number of halogens is 1. The summed E-state index contributed by atoms with van der Waals surface area (Å²) >= 11 is 5.88. The average Bonchev–Trinajstić information content (AvgIpc) is 2.25. The van der Waals surface area contributed by atoms with Gasteiger partial charge in [0.1, 0.15) is 5.75 Å². The molecule has 0 aliphatic carbocycles. The van der Waals surface area contributed by atoms with E-state index in [1.165, 1.54) is 7.11 Å². The highest BCUT2D eigenvalue weighted by Crippen LogP contribution is 2.22. The van der Waals surface area contributed by atoms with Crippen molar-refractivity contribution in [1.29, 1.82) is 0 Å². The third-order valence-electron chi connectivity index (χ3n) is 1.82. The molecule has 4 nitrogen and oxygen atoms in total. The first-order chi connectivity index (χ1) is 7.19. The lowest BCUT2D eigenvalue weighted by molar-refractivity contribution is 0.0945. The van der Waals surface area contributed by atoms with Gasteiger partial charge in [0.2, 0.25) is 0 Å². The van der Waals surface area contributed by atoms with E-state index in [1.54, 1.807) is 18.2 Å². The maximum atomic E-state index is 11.5. The van der Waals surface area contributed by atoms with Gasteiger partial charge in [0.25, 0.3) is 5.91 Å². The normalized spacial score (nSPS) is 9.80. The first-order valence-corrected chi connectivity index (χ1v) is 4.79. The minimum Gasteiger partial charge on any atom is -0.497 e. The second-order valence-electron chi connectivity index (χ2n) is 2.83. The Balaban J connectivity index is 2.81. The molecule has 0 aliphatic heterocycles. The number of rotatable bonds is 4. The van der Waals surface area contributed by atoms with Gasteiger partial charge in [-0.3, -0.25) is 4.79 Å². The Kier molecular flexibility index (Phi) is 4.39. The number of methoxy groups -OCH3 is 1. The summed E-state index contributed by atoms with van der Waals surface area (Å²) in [6.45, 7) is 0.112. The molecule has 0 aliphatic rings. The van der Waals surface area contributed by atoms with Crippen LogP contribution in [0.1, 0.15) is 10.4 Å². The molecular weight excluding hydrogens is 218 g/mol. The van der Waals surface area contributed by atoms with Crippen molar-refractivity contribution in [2.45, 2.75) is 0 Å². The number of nitrogens with one attached hydrogen (secondary N) is 1. The molecule has 1 aromatic rings. The minimum absolute atomic E-state index is 0.0977. The molecule has 0 fully saturated rings. The lowest BCUT2D eigenvalue weighted by atomic mass is 10.2. The summed E-state index contributed by atoms with van der Waals surface area (Å²) in [6.07, 6.45) is 0. The van der Waals surface area contributed by atoms with Crippen molar-refractivity contribution in [3.63, 3.8) is 0 Å². The summed E-state index contributed by atoms with van der Waals surface area (Å²) in [5.41, 5.74) is 0.367. The highest BCUT2D eigenvalue weighted by molar-refractivity contribution is 6.34. The fraction of sp³-hybridized carbons (Fsp3) is 0.300. The van der Waals surface area contributed by atoms with Crippen molar-refractivity contribution in [3.05, 3.63) is 28.8 Å². The number of carbonyl (C=O) groups excluding carboxylic acids is 1. The SMILES string of the molecule is COc1ccc(C(=O)NCCO)c(Cl)c1. The van der Waals surface area contributed by atoms with E-state index in [-0.39, 0.29) is 19.1 Å². The molecule has 1 rings (SSSR count). The predicted octanol–water partition coefficient (Wildman–Crippen LogP) is 1.07. The van der Waals surface area contributed by atoms with Gasteiger partial charge >= 0.3 is 0 Å². The molecule has 2 N–H and O–H groups in total. The van der Waals surface area contributed by atoms with Crippen LogP contribution < -0.4 is 10.1 Å². The molecule has 0 radical (unpaired) electrons. The fourth-order valence-corrected chi connectivity index (χ4v) is 1.33. The molecule has 0 saturated carbocycles. The molecule has 0 atom stereocenters. The lowest BCUT2D eigenvalue weighted by Gasteiger charge is -2.06. The minimum atomic E-state index is -0.309. The van der Waals surface area contributed by atoms with Crippen LogP contribution in [0, 0.1) is 0 Å². The standard InChI is InChI=1S/C10H12ClNO3/c1-15-7-2-3-8(9(11)6-7)10(14)12-4-5-13/h2-3,6,13H,4-5H2,1H3,(H,12,14). The molecule has 0 aromatic heterocycles. The van der Waals surface area contributed by atoms with Crippen LogP contribution in [0.5, 0.6) is 5.75 Å².